The van der Waals surface area contributed by atoms with Gasteiger partial charge in [0.1, 0.15) is 5.60 Å². The highest BCUT2D eigenvalue weighted by Gasteiger charge is 2.40. The molecule has 0 bridgehead atoms. The molecule has 1 aromatic carbocycles. The first-order chi connectivity index (χ1) is 12.8. The molecule has 142 valence electrons. The number of carbonyl (C=O) groups is 3. The first-order valence-corrected chi connectivity index (χ1v) is 9.30. The molecule has 5 heteroatoms. The van der Waals surface area contributed by atoms with Gasteiger partial charge in [0.15, 0.2) is 11.6 Å². The van der Waals surface area contributed by atoms with Crippen LogP contribution in [0.15, 0.2) is 42.5 Å². The van der Waals surface area contributed by atoms with E-state index in [0.29, 0.717) is 36.2 Å². The van der Waals surface area contributed by atoms with Crippen LogP contribution in [0.4, 0.5) is 5.69 Å². The number of rotatable bonds is 5. The molecule has 1 N–H and O–H groups in total. The van der Waals surface area contributed by atoms with Crippen LogP contribution in [0.25, 0.3) is 0 Å². The lowest BCUT2D eigenvalue weighted by Gasteiger charge is -2.29. The van der Waals surface area contributed by atoms with Crippen molar-refractivity contribution in [3.05, 3.63) is 53.6 Å². The van der Waals surface area contributed by atoms with E-state index in [1.807, 2.05) is 32.9 Å². The Balaban J connectivity index is 1.69. The van der Waals surface area contributed by atoms with Crippen molar-refractivity contribution in [2.75, 3.05) is 11.9 Å². The number of carbonyl (C=O) groups excluding carboxylic acids is 3. The van der Waals surface area contributed by atoms with Crippen molar-refractivity contribution in [3.8, 4) is 0 Å². The van der Waals surface area contributed by atoms with Gasteiger partial charge < -0.3 is 10.1 Å². The second-order valence-electron chi connectivity index (χ2n) is 7.89. The summed E-state index contributed by atoms with van der Waals surface area (Å²) in [6, 6.07) is 5.30. The smallest absolute Gasteiger partial charge is 0.306 e. The second kappa shape index (κ2) is 7.51. The fourth-order valence-electron chi connectivity index (χ4n) is 3.47. The number of benzene rings is 1. The average Bonchev–Trinajstić information content (AvgIpc) is 2.61. The predicted octanol–water partition coefficient (Wildman–Crippen LogP) is 3.96. The molecule has 5 nitrogen and oxygen atoms in total. The van der Waals surface area contributed by atoms with Gasteiger partial charge in [-0.25, -0.2) is 0 Å². The highest BCUT2D eigenvalue weighted by atomic mass is 16.6. The van der Waals surface area contributed by atoms with Gasteiger partial charge in [0.25, 0.3) is 0 Å². The third kappa shape index (κ3) is 4.18. The van der Waals surface area contributed by atoms with E-state index in [4.69, 9.17) is 4.74 Å². The number of allylic oxidation sites excluding steroid dienone is 4. The lowest BCUT2D eigenvalue weighted by molar-refractivity contribution is -0.154. The molecule has 1 aromatic rings. The molecule has 0 fully saturated rings. The van der Waals surface area contributed by atoms with Crippen LogP contribution in [-0.4, -0.2) is 29.7 Å². The Bertz CT molecular complexity index is 829. The molecular weight excluding hydrogens is 342 g/mol. The van der Waals surface area contributed by atoms with Crippen molar-refractivity contribution in [1.29, 1.82) is 0 Å². The van der Waals surface area contributed by atoms with E-state index in [1.165, 1.54) is 0 Å². The van der Waals surface area contributed by atoms with Gasteiger partial charge in [-0.3, -0.25) is 14.4 Å². The van der Waals surface area contributed by atoms with Gasteiger partial charge in [0.2, 0.25) is 0 Å². The zero-order valence-corrected chi connectivity index (χ0v) is 16.0. The number of Topliss-reactive ketones (excluding diaryl/α,β-unsaturated/α-hetero) is 2. The van der Waals surface area contributed by atoms with Crippen LogP contribution in [0.3, 0.4) is 0 Å². The summed E-state index contributed by atoms with van der Waals surface area (Å²) in [4.78, 5) is 37.5. The summed E-state index contributed by atoms with van der Waals surface area (Å²) in [5.74, 6) is -1.14. The van der Waals surface area contributed by atoms with Crippen LogP contribution in [0.5, 0.6) is 0 Å². The molecular formula is C22H25NO4. The highest BCUT2D eigenvalue weighted by molar-refractivity contribution is 6.19. The quantitative estimate of drug-likeness (QED) is 0.630. The van der Waals surface area contributed by atoms with E-state index >= 15 is 0 Å². The van der Waals surface area contributed by atoms with Crippen molar-refractivity contribution in [1.82, 2.24) is 0 Å². The Labute approximate surface area is 159 Å². The van der Waals surface area contributed by atoms with E-state index < -0.39 is 17.4 Å². The molecule has 0 heterocycles. The Hall–Kier alpha value is -2.69. The molecule has 0 aromatic heterocycles. The molecule has 0 radical (unpaired) electrons. The molecule has 2 aliphatic carbocycles. The Morgan fingerprint density at radius 1 is 1.07 bits per heavy atom. The van der Waals surface area contributed by atoms with Crippen molar-refractivity contribution in [2.45, 2.75) is 39.2 Å². The van der Waals surface area contributed by atoms with E-state index in [2.05, 4.69) is 5.32 Å². The van der Waals surface area contributed by atoms with E-state index in [1.54, 1.807) is 30.4 Å². The number of nitrogens with one attached hydrogen (secondary N) is 1. The van der Waals surface area contributed by atoms with Gasteiger partial charge in [0.05, 0.1) is 17.4 Å². The SMILES string of the molecule is CC(C)(C)OC(=O)CCCNc1cccc2c1C(=O)C1C=CC=CC1C2=O. The minimum Gasteiger partial charge on any atom is -0.460 e. The molecule has 3 rings (SSSR count). The van der Waals surface area contributed by atoms with Gasteiger partial charge in [0, 0.05) is 24.2 Å². The summed E-state index contributed by atoms with van der Waals surface area (Å²) >= 11 is 0. The second-order valence-corrected chi connectivity index (χ2v) is 7.89. The minimum atomic E-state index is -0.492. The third-order valence-corrected chi connectivity index (χ3v) is 4.61. The molecule has 0 spiro atoms. The lowest BCUT2D eigenvalue weighted by atomic mass is 9.72. The summed E-state index contributed by atoms with van der Waals surface area (Å²) < 4.78 is 5.29. The molecule has 0 aliphatic heterocycles. The van der Waals surface area contributed by atoms with E-state index in [9.17, 15) is 14.4 Å². The predicted molar refractivity (Wildman–Crippen MR) is 104 cm³/mol. The summed E-state index contributed by atoms with van der Waals surface area (Å²) in [6.07, 6.45) is 8.10. The summed E-state index contributed by atoms with van der Waals surface area (Å²) in [6.45, 7) is 6.03. The maximum Gasteiger partial charge on any atom is 0.306 e. The number of ether oxygens (including phenoxy) is 1. The van der Waals surface area contributed by atoms with Crippen LogP contribution in [-0.2, 0) is 9.53 Å². The van der Waals surface area contributed by atoms with Gasteiger partial charge in [-0.15, -0.1) is 0 Å². The first kappa shape index (κ1) is 19.1. The molecule has 2 atom stereocenters. The monoisotopic (exact) mass is 367 g/mol. The van der Waals surface area contributed by atoms with Crippen molar-refractivity contribution in [2.24, 2.45) is 11.8 Å². The standard InChI is InChI=1S/C22H25NO4/c1-22(2,3)27-18(24)12-7-13-23-17-11-6-10-16-19(17)21(26)15-9-5-4-8-14(15)20(16)25/h4-6,8-11,14-15,23H,7,12-13H2,1-3H3. The average molecular weight is 367 g/mol. The van der Waals surface area contributed by atoms with Crippen molar-refractivity contribution < 1.29 is 19.1 Å². The van der Waals surface area contributed by atoms with Gasteiger partial charge >= 0.3 is 5.97 Å². The number of hydrogen-bond acceptors (Lipinski definition) is 5. The highest BCUT2D eigenvalue weighted by Crippen LogP contribution is 2.37. The number of hydrogen-bond donors (Lipinski definition) is 1. The minimum absolute atomic E-state index is 0.0207. The summed E-state index contributed by atoms with van der Waals surface area (Å²) in [5, 5.41) is 3.21. The maximum absolute atomic E-state index is 13.0. The largest absolute Gasteiger partial charge is 0.460 e. The number of fused-ring (bicyclic) bond motifs is 2. The third-order valence-electron chi connectivity index (χ3n) is 4.61. The topological polar surface area (TPSA) is 72.5 Å². The van der Waals surface area contributed by atoms with Gasteiger partial charge in [-0.05, 0) is 33.3 Å². The normalized spacial score (nSPS) is 20.9. The summed E-state index contributed by atoms with van der Waals surface area (Å²) in [7, 11) is 0. The zero-order valence-electron chi connectivity index (χ0n) is 16.0. The Morgan fingerprint density at radius 3 is 2.41 bits per heavy atom. The molecule has 0 amide bonds. The van der Waals surface area contributed by atoms with Gasteiger partial charge in [-0.2, -0.15) is 0 Å². The van der Waals surface area contributed by atoms with Crippen LogP contribution in [0.1, 0.15) is 54.3 Å². The van der Waals surface area contributed by atoms with E-state index in [-0.39, 0.29) is 17.5 Å². The molecule has 0 saturated carbocycles. The first-order valence-electron chi connectivity index (χ1n) is 9.30. The number of esters is 1. The fourth-order valence-corrected chi connectivity index (χ4v) is 3.47. The molecule has 0 saturated heterocycles. The van der Waals surface area contributed by atoms with Crippen LogP contribution >= 0.6 is 0 Å². The van der Waals surface area contributed by atoms with Crippen LogP contribution in [0.2, 0.25) is 0 Å². The van der Waals surface area contributed by atoms with Crippen molar-refractivity contribution in [3.63, 3.8) is 0 Å². The van der Waals surface area contributed by atoms with Crippen LogP contribution in [0, 0.1) is 11.8 Å². The molecule has 27 heavy (non-hydrogen) atoms. The molecule has 2 aliphatic rings. The number of anilines is 1. The number of ketones is 2. The maximum atomic E-state index is 13.0. The Kier molecular flexibility index (Phi) is 5.31. The van der Waals surface area contributed by atoms with Crippen LogP contribution < -0.4 is 5.32 Å². The molecule has 2 unspecified atom stereocenters. The lowest BCUT2D eigenvalue weighted by Crippen LogP contribution is -2.36. The Morgan fingerprint density at radius 2 is 1.74 bits per heavy atom. The zero-order chi connectivity index (χ0) is 19.6. The fraction of sp³-hybridized carbons (Fsp3) is 0.409. The van der Waals surface area contributed by atoms with Crippen molar-refractivity contribution >= 4 is 23.2 Å². The van der Waals surface area contributed by atoms with Gasteiger partial charge in [-0.1, -0.05) is 36.4 Å². The van der Waals surface area contributed by atoms with E-state index in [0.717, 1.165) is 0 Å². The summed E-state index contributed by atoms with van der Waals surface area (Å²) in [5.41, 5.74) is 1.09.